The number of piperidine rings is 1. The summed E-state index contributed by atoms with van der Waals surface area (Å²) in [5.74, 6) is 0.954. The molecule has 1 atom stereocenters. The van der Waals surface area contributed by atoms with E-state index in [-0.39, 0.29) is 0 Å². The van der Waals surface area contributed by atoms with E-state index in [4.69, 9.17) is 17.3 Å². The van der Waals surface area contributed by atoms with Gasteiger partial charge in [-0.1, -0.05) is 11.6 Å². The first-order chi connectivity index (χ1) is 7.25. The van der Waals surface area contributed by atoms with Crippen LogP contribution in [-0.2, 0) is 6.42 Å². The number of aromatic nitrogens is 2. The van der Waals surface area contributed by atoms with Crippen LogP contribution in [0.15, 0.2) is 6.07 Å². The lowest BCUT2D eigenvalue weighted by molar-refractivity contribution is 0.373. The molecule has 0 spiro atoms. The van der Waals surface area contributed by atoms with Crippen LogP contribution in [0.1, 0.15) is 18.5 Å². The van der Waals surface area contributed by atoms with Crippen LogP contribution in [0.5, 0.6) is 0 Å². The molecule has 0 aliphatic carbocycles. The van der Waals surface area contributed by atoms with Crippen molar-refractivity contribution in [1.29, 1.82) is 0 Å². The van der Waals surface area contributed by atoms with Gasteiger partial charge in [0.05, 0.1) is 10.7 Å². The Morgan fingerprint density at radius 1 is 1.53 bits per heavy atom. The van der Waals surface area contributed by atoms with Crippen LogP contribution in [0.25, 0.3) is 0 Å². The van der Waals surface area contributed by atoms with E-state index >= 15 is 0 Å². The van der Waals surface area contributed by atoms with E-state index in [0.717, 1.165) is 25.2 Å². The predicted molar refractivity (Wildman–Crippen MR) is 60.8 cm³/mol. The van der Waals surface area contributed by atoms with Crippen molar-refractivity contribution >= 4 is 17.4 Å². The molecule has 2 rings (SSSR count). The third-order valence-electron chi connectivity index (χ3n) is 2.72. The maximum atomic E-state index is 5.89. The molecule has 1 unspecified atom stereocenters. The van der Waals surface area contributed by atoms with Crippen molar-refractivity contribution in [3.8, 4) is 0 Å². The molecule has 82 valence electrons. The smallest absolute Gasteiger partial charge is 0.164 e. The topological polar surface area (TPSA) is 63.8 Å². The highest BCUT2D eigenvalue weighted by molar-refractivity contribution is 6.32. The summed E-state index contributed by atoms with van der Waals surface area (Å²) in [6, 6.07) is 1.82. The average molecular weight is 227 g/mol. The van der Waals surface area contributed by atoms with Crippen LogP contribution in [-0.4, -0.2) is 23.3 Å². The molecule has 5 heteroatoms. The van der Waals surface area contributed by atoms with Gasteiger partial charge in [-0.25, -0.2) is 0 Å². The first-order valence-corrected chi connectivity index (χ1v) is 5.62. The zero-order valence-corrected chi connectivity index (χ0v) is 9.30. The predicted octanol–water partition coefficient (Wildman–Crippen LogP) is 1.25. The molecule has 0 bridgehead atoms. The number of rotatable bonds is 2. The van der Waals surface area contributed by atoms with Gasteiger partial charge in [-0.15, -0.1) is 5.10 Å². The molecule has 0 amide bonds. The molecular weight excluding hydrogens is 212 g/mol. The van der Waals surface area contributed by atoms with E-state index in [9.17, 15) is 0 Å². The van der Waals surface area contributed by atoms with Gasteiger partial charge in [0.1, 0.15) is 0 Å². The van der Waals surface area contributed by atoms with Crippen molar-refractivity contribution < 1.29 is 0 Å². The molecule has 1 saturated heterocycles. The van der Waals surface area contributed by atoms with Crippen LogP contribution < -0.4 is 11.1 Å². The molecule has 0 saturated carbocycles. The highest BCUT2D eigenvalue weighted by atomic mass is 35.5. The zero-order valence-electron chi connectivity index (χ0n) is 8.54. The normalized spacial score (nSPS) is 21.5. The molecule has 1 aromatic rings. The van der Waals surface area contributed by atoms with Crippen molar-refractivity contribution in [2.24, 2.45) is 5.92 Å². The summed E-state index contributed by atoms with van der Waals surface area (Å²) in [5.41, 5.74) is 6.44. The van der Waals surface area contributed by atoms with Crippen molar-refractivity contribution in [2.75, 3.05) is 18.8 Å². The summed E-state index contributed by atoms with van der Waals surface area (Å²) in [5, 5.41) is 11.7. The van der Waals surface area contributed by atoms with E-state index in [2.05, 4.69) is 15.5 Å². The SMILES string of the molecule is Nc1nnc(CC2CCCNC2)cc1Cl. The van der Waals surface area contributed by atoms with Gasteiger partial charge in [0, 0.05) is 0 Å². The first-order valence-electron chi connectivity index (χ1n) is 5.24. The number of nitrogens with zero attached hydrogens (tertiary/aromatic N) is 2. The third-order valence-corrected chi connectivity index (χ3v) is 3.02. The summed E-state index contributed by atoms with van der Waals surface area (Å²) in [7, 11) is 0. The quantitative estimate of drug-likeness (QED) is 0.797. The number of nitrogens with two attached hydrogens (primary N) is 1. The second-order valence-electron chi connectivity index (χ2n) is 3.99. The van der Waals surface area contributed by atoms with Crippen LogP contribution in [0.4, 0.5) is 5.82 Å². The number of nitrogen functional groups attached to an aromatic ring is 1. The summed E-state index contributed by atoms with van der Waals surface area (Å²) >= 11 is 5.89. The minimum atomic E-state index is 0.308. The first kappa shape index (κ1) is 10.6. The van der Waals surface area contributed by atoms with Gasteiger partial charge in [-0.3, -0.25) is 0 Å². The van der Waals surface area contributed by atoms with Gasteiger partial charge in [-0.2, -0.15) is 5.10 Å². The van der Waals surface area contributed by atoms with Gasteiger partial charge in [0.2, 0.25) is 0 Å². The lowest BCUT2D eigenvalue weighted by atomic mass is 9.95. The van der Waals surface area contributed by atoms with Crippen molar-refractivity contribution in [3.05, 3.63) is 16.8 Å². The molecule has 0 aromatic carbocycles. The average Bonchev–Trinajstić information content (AvgIpc) is 2.25. The molecule has 1 aliphatic heterocycles. The number of hydrogen-bond acceptors (Lipinski definition) is 4. The Bertz CT molecular complexity index is 336. The number of hydrogen-bond donors (Lipinski definition) is 2. The van der Waals surface area contributed by atoms with Gasteiger partial charge in [0.25, 0.3) is 0 Å². The van der Waals surface area contributed by atoms with Crippen LogP contribution in [0.2, 0.25) is 5.02 Å². The van der Waals surface area contributed by atoms with E-state index < -0.39 is 0 Å². The maximum Gasteiger partial charge on any atom is 0.164 e. The Balaban J connectivity index is 2.00. The lowest BCUT2D eigenvalue weighted by Gasteiger charge is -2.22. The Morgan fingerprint density at radius 2 is 2.40 bits per heavy atom. The second-order valence-corrected chi connectivity index (χ2v) is 4.39. The van der Waals surface area contributed by atoms with Crippen LogP contribution in [0, 0.1) is 5.92 Å². The van der Waals surface area contributed by atoms with Crippen molar-refractivity contribution in [3.63, 3.8) is 0 Å². The van der Waals surface area contributed by atoms with Gasteiger partial charge in [-0.05, 0) is 44.3 Å². The highest BCUT2D eigenvalue weighted by Gasteiger charge is 2.14. The Kier molecular flexibility index (Phi) is 3.38. The monoisotopic (exact) mass is 226 g/mol. The Labute approximate surface area is 94.2 Å². The molecule has 1 fully saturated rings. The minimum absolute atomic E-state index is 0.308. The third kappa shape index (κ3) is 2.79. The summed E-state index contributed by atoms with van der Waals surface area (Å²) < 4.78 is 0. The lowest BCUT2D eigenvalue weighted by Crippen LogP contribution is -2.31. The molecule has 15 heavy (non-hydrogen) atoms. The Hall–Kier alpha value is -0.870. The fourth-order valence-electron chi connectivity index (χ4n) is 1.91. The van der Waals surface area contributed by atoms with E-state index in [1.165, 1.54) is 12.8 Å². The summed E-state index contributed by atoms with van der Waals surface area (Å²) in [6.45, 7) is 2.19. The molecule has 0 radical (unpaired) electrons. The van der Waals surface area contributed by atoms with Crippen LogP contribution >= 0.6 is 11.6 Å². The standard InChI is InChI=1S/C10H15ClN4/c11-9-5-8(14-15-10(9)12)4-7-2-1-3-13-6-7/h5,7,13H,1-4,6H2,(H2,12,15). The minimum Gasteiger partial charge on any atom is -0.381 e. The molecule has 4 nitrogen and oxygen atoms in total. The summed E-state index contributed by atoms with van der Waals surface area (Å²) in [6.07, 6.45) is 3.41. The zero-order chi connectivity index (χ0) is 10.7. The van der Waals surface area contributed by atoms with Gasteiger partial charge in [0.15, 0.2) is 5.82 Å². The van der Waals surface area contributed by atoms with E-state index in [1.807, 2.05) is 6.07 Å². The van der Waals surface area contributed by atoms with Gasteiger partial charge >= 0.3 is 0 Å². The molecule has 1 aromatic heterocycles. The fraction of sp³-hybridized carbons (Fsp3) is 0.600. The number of halogens is 1. The Morgan fingerprint density at radius 3 is 3.07 bits per heavy atom. The van der Waals surface area contributed by atoms with Crippen molar-refractivity contribution in [1.82, 2.24) is 15.5 Å². The van der Waals surface area contributed by atoms with E-state index in [1.54, 1.807) is 0 Å². The summed E-state index contributed by atoms with van der Waals surface area (Å²) in [4.78, 5) is 0. The maximum absolute atomic E-state index is 5.89. The molecular formula is C10H15ClN4. The fourth-order valence-corrected chi connectivity index (χ4v) is 2.07. The number of anilines is 1. The van der Waals surface area contributed by atoms with E-state index in [0.29, 0.717) is 16.8 Å². The van der Waals surface area contributed by atoms with Crippen LogP contribution in [0.3, 0.4) is 0 Å². The molecule has 3 N–H and O–H groups in total. The molecule has 1 aliphatic rings. The second kappa shape index (κ2) is 4.77. The largest absolute Gasteiger partial charge is 0.381 e. The highest BCUT2D eigenvalue weighted by Crippen LogP contribution is 2.19. The molecule has 2 heterocycles. The van der Waals surface area contributed by atoms with Crippen molar-refractivity contribution in [2.45, 2.75) is 19.3 Å². The number of nitrogens with one attached hydrogen (secondary N) is 1. The van der Waals surface area contributed by atoms with Gasteiger partial charge < -0.3 is 11.1 Å².